The molecule has 0 saturated carbocycles. The Morgan fingerprint density at radius 3 is 2.90 bits per heavy atom. The topological polar surface area (TPSA) is 64.4 Å². The molecule has 3 aromatic rings. The SMILES string of the molecule is COC(=O)Nc1cccc(-c2nc3cc(C)ccc3o2)c1. The number of fused-ring (bicyclic) bond motifs is 1. The number of hydrogen-bond acceptors (Lipinski definition) is 4. The monoisotopic (exact) mass is 282 g/mol. The number of nitrogens with zero attached hydrogens (tertiary/aromatic N) is 1. The Bertz CT molecular complexity index is 808. The van der Waals surface area contributed by atoms with Crippen LogP contribution in [0, 0.1) is 6.92 Å². The highest BCUT2D eigenvalue weighted by molar-refractivity contribution is 5.85. The molecule has 106 valence electrons. The molecule has 0 unspecified atom stereocenters. The van der Waals surface area contributed by atoms with Crippen LogP contribution in [-0.4, -0.2) is 18.2 Å². The Morgan fingerprint density at radius 1 is 1.24 bits per heavy atom. The molecule has 0 bridgehead atoms. The van der Waals surface area contributed by atoms with E-state index in [0.29, 0.717) is 11.6 Å². The first-order chi connectivity index (χ1) is 10.2. The van der Waals surface area contributed by atoms with E-state index in [0.717, 1.165) is 22.2 Å². The molecule has 21 heavy (non-hydrogen) atoms. The van der Waals surface area contributed by atoms with E-state index in [1.54, 1.807) is 12.1 Å². The van der Waals surface area contributed by atoms with E-state index >= 15 is 0 Å². The number of aryl methyl sites for hydroxylation is 1. The van der Waals surface area contributed by atoms with Crippen molar-refractivity contribution in [1.82, 2.24) is 4.98 Å². The maximum absolute atomic E-state index is 11.2. The summed E-state index contributed by atoms with van der Waals surface area (Å²) < 4.78 is 10.3. The Hall–Kier alpha value is -2.82. The summed E-state index contributed by atoms with van der Waals surface area (Å²) in [7, 11) is 1.32. The number of hydrogen-bond donors (Lipinski definition) is 1. The van der Waals surface area contributed by atoms with Crippen molar-refractivity contribution in [3.63, 3.8) is 0 Å². The summed E-state index contributed by atoms with van der Waals surface area (Å²) in [5.41, 5.74) is 4.09. The molecule has 1 N–H and O–H groups in total. The van der Waals surface area contributed by atoms with Gasteiger partial charge >= 0.3 is 6.09 Å². The van der Waals surface area contributed by atoms with E-state index in [2.05, 4.69) is 15.0 Å². The molecular formula is C16H14N2O3. The molecule has 1 aromatic heterocycles. The molecule has 1 amide bonds. The average Bonchev–Trinajstić information content (AvgIpc) is 2.90. The van der Waals surface area contributed by atoms with Gasteiger partial charge in [0.15, 0.2) is 5.58 Å². The minimum atomic E-state index is -0.514. The van der Waals surface area contributed by atoms with Gasteiger partial charge in [0.05, 0.1) is 7.11 Å². The van der Waals surface area contributed by atoms with E-state index in [1.807, 2.05) is 37.3 Å². The highest BCUT2D eigenvalue weighted by atomic mass is 16.5. The van der Waals surface area contributed by atoms with Gasteiger partial charge in [0.2, 0.25) is 5.89 Å². The molecule has 0 spiro atoms. The molecule has 0 saturated heterocycles. The van der Waals surface area contributed by atoms with Gasteiger partial charge in [-0.05, 0) is 42.8 Å². The molecule has 0 fully saturated rings. The number of rotatable bonds is 2. The van der Waals surface area contributed by atoms with Crippen molar-refractivity contribution in [3.8, 4) is 11.5 Å². The van der Waals surface area contributed by atoms with Gasteiger partial charge in [-0.2, -0.15) is 0 Å². The second kappa shape index (κ2) is 5.28. The van der Waals surface area contributed by atoms with E-state index in [1.165, 1.54) is 7.11 Å². The minimum absolute atomic E-state index is 0.514. The first-order valence-electron chi connectivity index (χ1n) is 6.48. The van der Waals surface area contributed by atoms with E-state index in [9.17, 15) is 4.79 Å². The molecule has 0 radical (unpaired) electrons. The zero-order chi connectivity index (χ0) is 14.8. The minimum Gasteiger partial charge on any atom is -0.453 e. The predicted molar refractivity (Wildman–Crippen MR) is 80.2 cm³/mol. The molecule has 0 aliphatic heterocycles. The van der Waals surface area contributed by atoms with Crippen molar-refractivity contribution in [1.29, 1.82) is 0 Å². The van der Waals surface area contributed by atoms with Crippen molar-refractivity contribution >= 4 is 22.9 Å². The summed E-state index contributed by atoms with van der Waals surface area (Å²) in [6.07, 6.45) is -0.514. The van der Waals surface area contributed by atoms with Gasteiger partial charge in [-0.25, -0.2) is 9.78 Å². The Kier molecular flexibility index (Phi) is 3.31. The second-order valence-corrected chi connectivity index (χ2v) is 4.69. The first kappa shape index (κ1) is 13.2. The molecule has 2 aromatic carbocycles. The largest absolute Gasteiger partial charge is 0.453 e. The fourth-order valence-electron chi connectivity index (χ4n) is 2.06. The summed E-state index contributed by atoms with van der Waals surface area (Å²) in [4.78, 5) is 15.7. The lowest BCUT2D eigenvalue weighted by atomic mass is 10.2. The summed E-state index contributed by atoms with van der Waals surface area (Å²) in [6, 6.07) is 13.1. The van der Waals surface area contributed by atoms with Crippen LogP contribution in [0.3, 0.4) is 0 Å². The summed E-state index contributed by atoms with van der Waals surface area (Å²) >= 11 is 0. The maximum Gasteiger partial charge on any atom is 0.411 e. The van der Waals surface area contributed by atoms with Crippen molar-refractivity contribution in [2.24, 2.45) is 0 Å². The smallest absolute Gasteiger partial charge is 0.411 e. The van der Waals surface area contributed by atoms with Crippen molar-refractivity contribution in [2.75, 3.05) is 12.4 Å². The lowest BCUT2D eigenvalue weighted by molar-refractivity contribution is 0.187. The highest BCUT2D eigenvalue weighted by Gasteiger charge is 2.09. The second-order valence-electron chi connectivity index (χ2n) is 4.69. The van der Waals surface area contributed by atoms with Crippen LogP contribution in [0.2, 0.25) is 0 Å². The fraction of sp³-hybridized carbons (Fsp3) is 0.125. The van der Waals surface area contributed by atoms with Crippen molar-refractivity contribution < 1.29 is 13.9 Å². The van der Waals surface area contributed by atoms with E-state index in [-0.39, 0.29) is 0 Å². The van der Waals surface area contributed by atoms with Crippen LogP contribution in [0.25, 0.3) is 22.6 Å². The molecule has 5 nitrogen and oxygen atoms in total. The molecule has 1 heterocycles. The third-order valence-corrected chi connectivity index (χ3v) is 3.08. The van der Waals surface area contributed by atoms with Gasteiger partial charge in [0, 0.05) is 11.3 Å². The molecule has 0 aliphatic rings. The van der Waals surface area contributed by atoms with E-state index < -0.39 is 6.09 Å². The number of benzene rings is 2. The van der Waals surface area contributed by atoms with Crippen LogP contribution in [0.4, 0.5) is 10.5 Å². The number of amides is 1. The normalized spacial score (nSPS) is 10.6. The van der Waals surface area contributed by atoms with Crippen LogP contribution in [0.1, 0.15) is 5.56 Å². The summed E-state index contributed by atoms with van der Waals surface area (Å²) in [5.74, 6) is 0.518. The zero-order valence-corrected chi connectivity index (χ0v) is 11.7. The van der Waals surface area contributed by atoms with Crippen LogP contribution < -0.4 is 5.32 Å². The van der Waals surface area contributed by atoms with Gasteiger partial charge in [-0.3, -0.25) is 5.32 Å². The third-order valence-electron chi connectivity index (χ3n) is 3.08. The number of oxazole rings is 1. The Morgan fingerprint density at radius 2 is 2.10 bits per heavy atom. The molecular weight excluding hydrogens is 268 g/mol. The van der Waals surface area contributed by atoms with Crippen molar-refractivity contribution in [3.05, 3.63) is 48.0 Å². The Labute approximate surface area is 121 Å². The standard InChI is InChI=1S/C16H14N2O3/c1-10-6-7-14-13(8-10)18-15(21-14)11-4-3-5-12(9-11)17-16(19)20-2/h3-9H,1-2H3,(H,17,19). The maximum atomic E-state index is 11.2. The molecule has 0 aliphatic carbocycles. The number of carbonyl (C=O) groups is 1. The van der Waals surface area contributed by atoms with Crippen LogP contribution in [-0.2, 0) is 4.74 Å². The van der Waals surface area contributed by atoms with Gasteiger partial charge in [-0.1, -0.05) is 12.1 Å². The third kappa shape index (κ3) is 2.72. The summed E-state index contributed by atoms with van der Waals surface area (Å²) in [5, 5.41) is 2.61. The van der Waals surface area contributed by atoms with Gasteiger partial charge in [0.25, 0.3) is 0 Å². The van der Waals surface area contributed by atoms with Crippen LogP contribution in [0.15, 0.2) is 46.9 Å². The molecule has 5 heteroatoms. The zero-order valence-electron chi connectivity index (χ0n) is 11.7. The van der Waals surface area contributed by atoms with Gasteiger partial charge < -0.3 is 9.15 Å². The van der Waals surface area contributed by atoms with Crippen molar-refractivity contribution in [2.45, 2.75) is 6.92 Å². The summed E-state index contributed by atoms with van der Waals surface area (Å²) in [6.45, 7) is 2.01. The van der Waals surface area contributed by atoms with Gasteiger partial charge in [-0.15, -0.1) is 0 Å². The fourth-order valence-corrected chi connectivity index (χ4v) is 2.06. The predicted octanol–water partition coefficient (Wildman–Crippen LogP) is 3.98. The number of nitrogens with one attached hydrogen (secondary N) is 1. The van der Waals surface area contributed by atoms with Crippen LogP contribution >= 0.6 is 0 Å². The number of ether oxygens (including phenoxy) is 1. The number of aromatic nitrogens is 1. The quantitative estimate of drug-likeness (QED) is 0.772. The number of methoxy groups -OCH3 is 1. The van der Waals surface area contributed by atoms with E-state index in [4.69, 9.17) is 4.42 Å². The van der Waals surface area contributed by atoms with Crippen LogP contribution in [0.5, 0.6) is 0 Å². The lowest BCUT2D eigenvalue weighted by Crippen LogP contribution is -2.10. The highest BCUT2D eigenvalue weighted by Crippen LogP contribution is 2.26. The lowest BCUT2D eigenvalue weighted by Gasteiger charge is -2.04. The van der Waals surface area contributed by atoms with Gasteiger partial charge in [0.1, 0.15) is 5.52 Å². The average molecular weight is 282 g/mol. The molecule has 3 rings (SSSR count). The molecule has 0 atom stereocenters. The Balaban J connectivity index is 1.98. The first-order valence-corrected chi connectivity index (χ1v) is 6.48. The number of carbonyl (C=O) groups excluding carboxylic acids is 1. The number of anilines is 1.